The number of hydrogen-bond acceptors (Lipinski definition) is 6. The van der Waals surface area contributed by atoms with E-state index in [0.717, 1.165) is 58.5 Å². The Balaban J connectivity index is 1.35. The first-order chi connectivity index (χ1) is 20.0. The molecule has 0 radical (unpaired) electrons. The monoisotopic (exact) mass is 556 g/mol. The fraction of sp³-hybridized carbons (Fsp3) is 0.394. The summed E-state index contributed by atoms with van der Waals surface area (Å²) in [5, 5.41) is 13.8. The maximum absolute atomic E-state index is 13.6. The average molecular weight is 557 g/mol. The number of rotatable bonds is 8. The van der Waals surface area contributed by atoms with Crippen LogP contribution >= 0.6 is 0 Å². The van der Waals surface area contributed by atoms with E-state index in [4.69, 9.17) is 14.2 Å². The number of carbonyl (C=O) groups excluding carboxylic acids is 1. The van der Waals surface area contributed by atoms with Crippen LogP contribution in [0.4, 0.5) is 5.69 Å². The van der Waals surface area contributed by atoms with E-state index in [1.807, 2.05) is 53.4 Å². The Morgan fingerprint density at radius 1 is 0.878 bits per heavy atom. The molecule has 214 valence electrons. The van der Waals surface area contributed by atoms with Crippen molar-refractivity contribution in [1.82, 2.24) is 4.90 Å². The minimum absolute atomic E-state index is 0.0737. The quantitative estimate of drug-likeness (QED) is 0.403. The van der Waals surface area contributed by atoms with E-state index < -0.39 is 17.9 Å². The van der Waals surface area contributed by atoms with Gasteiger partial charge in [0.2, 0.25) is 5.91 Å². The molecule has 3 aliphatic rings. The Kier molecular flexibility index (Phi) is 7.58. The van der Waals surface area contributed by atoms with Crippen LogP contribution in [0.3, 0.4) is 0 Å². The molecular weight excluding hydrogens is 520 g/mol. The summed E-state index contributed by atoms with van der Waals surface area (Å²) in [5.41, 5.74) is 5.87. The highest BCUT2D eigenvalue weighted by molar-refractivity contribution is 5.94. The lowest BCUT2D eigenvalue weighted by molar-refractivity contribution is -0.143. The molecule has 8 heteroatoms. The SMILES string of the molecule is CCc1cccc(CC)c1NC(=O)CN1C[C@H](c2ccc3c(c2)OCCO3)C(C(=O)O)[C@@H]1c1ccc2c(c1)CCO2. The summed E-state index contributed by atoms with van der Waals surface area (Å²) >= 11 is 0. The Labute approximate surface area is 240 Å². The molecule has 1 fully saturated rings. The molecule has 0 saturated carbocycles. The molecule has 0 bridgehead atoms. The maximum Gasteiger partial charge on any atom is 0.309 e. The van der Waals surface area contributed by atoms with Gasteiger partial charge in [-0.05, 0) is 58.9 Å². The van der Waals surface area contributed by atoms with Crippen LogP contribution in [0.2, 0.25) is 0 Å². The summed E-state index contributed by atoms with van der Waals surface area (Å²) in [6.07, 6.45) is 2.40. The van der Waals surface area contributed by atoms with E-state index in [2.05, 4.69) is 25.2 Å². The molecule has 3 atom stereocenters. The van der Waals surface area contributed by atoms with E-state index in [1.54, 1.807) is 0 Å². The Bertz CT molecular complexity index is 1450. The number of ether oxygens (including phenoxy) is 3. The second-order valence-electron chi connectivity index (χ2n) is 10.9. The Morgan fingerprint density at radius 2 is 1.56 bits per heavy atom. The lowest BCUT2D eigenvalue weighted by atomic mass is 9.82. The predicted molar refractivity (Wildman–Crippen MR) is 155 cm³/mol. The number of nitrogens with one attached hydrogen (secondary N) is 1. The number of hydrogen-bond donors (Lipinski definition) is 2. The molecule has 1 unspecified atom stereocenters. The van der Waals surface area contributed by atoms with Crippen LogP contribution in [-0.2, 0) is 28.9 Å². The highest BCUT2D eigenvalue weighted by atomic mass is 16.6. The zero-order valence-electron chi connectivity index (χ0n) is 23.5. The molecule has 2 N–H and O–H groups in total. The van der Waals surface area contributed by atoms with E-state index in [1.165, 1.54) is 0 Å². The van der Waals surface area contributed by atoms with Gasteiger partial charge in [0.15, 0.2) is 11.5 Å². The van der Waals surface area contributed by atoms with Crippen molar-refractivity contribution in [1.29, 1.82) is 0 Å². The third kappa shape index (κ3) is 5.24. The number of amides is 1. The smallest absolute Gasteiger partial charge is 0.309 e. The summed E-state index contributed by atoms with van der Waals surface area (Å²) in [4.78, 5) is 28.6. The van der Waals surface area contributed by atoms with Crippen molar-refractivity contribution < 1.29 is 28.9 Å². The number of para-hydroxylation sites is 1. The first kappa shape index (κ1) is 27.1. The van der Waals surface area contributed by atoms with Crippen LogP contribution < -0.4 is 19.5 Å². The van der Waals surface area contributed by atoms with E-state index in [9.17, 15) is 14.7 Å². The highest BCUT2D eigenvalue weighted by Crippen LogP contribution is 2.48. The number of anilines is 1. The number of nitrogens with zero attached hydrogens (tertiary/aromatic N) is 1. The van der Waals surface area contributed by atoms with Crippen molar-refractivity contribution in [2.45, 2.75) is 45.1 Å². The standard InChI is InChI=1S/C33H36N2O6/c1-3-20-6-5-7-21(4-2)31(20)34-29(36)19-35-18-25(22-8-11-27-28(17-22)41-15-14-40-27)30(33(37)38)32(35)24-9-10-26-23(16-24)12-13-39-26/h5-11,16-17,25,30,32H,3-4,12-15,18-19H2,1-2H3,(H,34,36)(H,37,38)/t25-,30?,32+/m1/s1. The van der Waals surface area contributed by atoms with Crippen LogP contribution in [0.25, 0.3) is 0 Å². The third-order valence-corrected chi connectivity index (χ3v) is 8.54. The van der Waals surface area contributed by atoms with Crippen molar-refractivity contribution >= 4 is 17.6 Å². The maximum atomic E-state index is 13.6. The van der Waals surface area contributed by atoms with Gasteiger partial charge in [-0.2, -0.15) is 0 Å². The Morgan fingerprint density at radius 3 is 2.29 bits per heavy atom. The summed E-state index contributed by atoms with van der Waals surface area (Å²) < 4.78 is 17.2. The first-order valence-electron chi connectivity index (χ1n) is 14.5. The number of likely N-dealkylation sites (tertiary alicyclic amines) is 1. The zero-order valence-corrected chi connectivity index (χ0v) is 23.5. The molecule has 1 saturated heterocycles. The summed E-state index contributed by atoms with van der Waals surface area (Å²) in [7, 11) is 0. The van der Waals surface area contributed by atoms with Gasteiger partial charge in [-0.15, -0.1) is 0 Å². The third-order valence-electron chi connectivity index (χ3n) is 8.54. The number of aryl methyl sites for hydroxylation is 2. The predicted octanol–water partition coefficient (Wildman–Crippen LogP) is 5.00. The largest absolute Gasteiger partial charge is 0.493 e. The van der Waals surface area contributed by atoms with Gasteiger partial charge < -0.3 is 24.6 Å². The fourth-order valence-corrected chi connectivity index (χ4v) is 6.58. The average Bonchev–Trinajstić information content (AvgIpc) is 3.61. The van der Waals surface area contributed by atoms with Gasteiger partial charge in [0, 0.05) is 30.6 Å². The molecule has 8 nitrogen and oxygen atoms in total. The van der Waals surface area contributed by atoms with Gasteiger partial charge in [0.05, 0.1) is 19.1 Å². The first-order valence-corrected chi connectivity index (χ1v) is 14.5. The van der Waals surface area contributed by atoms with Gasteiger partial charge in [-0.3, -0.25) is 14.5 Å². The molecule has 3 aromatic carbocycles. The van der Waals surface area contributed by atoms with Gasteiger partial charge >= 0.3 is 5.97 Å². The van der Waals surface area contributed by atoms with Crippen molar-refractivity contribution in [3.05, 3.63) is 82.4 Å². The van der Waals surface area contributed by atoms with Gasteiger partial charge in [0.25, 0.3) is 0 Å². The topological polar surface area (TPSA) is 97.3 Å². The van der Waals surface area contributed by atoms with Gasteiger partial charge in [-0.25, -0.2) is 0 Å². The summed E-state index contributed by atoms with van der Waals surface area (Å²) in [5.74, 6) is -0.0171. The minimum Gasteiger partial charge on any atom is -0.493 e. The molecule has 3 heterocycles. The van der Waals surface area contributed by atoms with E-state index in [0.29, 0.717) is 37.9 Å². The van der Waals surface area contributed by atoms with Crippen LogP contribution in [-0.4, -0.2) is 54.8 Å². The van der Waals surface area contributed by atoms with E-state index >= 15 is 0 Å². The summed E-state index contributed by atoms with van der Waals surface area (Å²) in [6.45, 7) is 6.20. The normalized spacial score (nSPS) is 21.3. The van der Waals surface area contributed by atoms with Crippen molar-refractivity contribution in [3.8, 4) is 17.2 Å². The molecule has 0 spiro atoms. The van der Waals surface area contributed by atoms with Crippen molar-refractivity contribution in [2.75, 3.05) is 38.2 Å². The molecule has 3 aliphatic heterocycles. The van der Waals surface area contributed by atoms with Crippen molar-refractivity contribution in [3.63, 3.8) is 0 Å². The highest BCUT2D eigenvalue weighted by Gasteiger charge is 2.48. The number of carbonyl (C=O) groups is 2. The Hall–Kier alpha value is -4.04. The second-order valence-corrected chi connectivity index (χ2v) is 10.9. The van der Waals surface area contributed by atoms with Crippen LogP contribution in [0, 0.1) is 5.92 Å². The van der Waals surface area contributed by atoms with Crippen LogP contribution in [0.5, 0.6) is 17.2 Å². The van der Waals surface area contributed by atoms with E-state index in [-0.39, 0.29) is 18.4 Å². The number of benzene rings is 3. The molecule has 0 aliphatic carbocycles. The molecule has 6 rings (SSSR count). The molecule has 0 aromatic heterocycles. The lowest BCUT2D eigenvalue weighted by Gasteiger charge is -2.27. The molecular formula is C33H36N2O6. The molecule has 41 heavy (non-hydrogen) atoms. The lowest BCUT2D eigenvalue weighted by Crippen LogP contribution is -2.35. The molecule has 3 aromatic rings. The van der Waals surface area contributed by atoms with Gasteiger partial charge in [0.1, 0.15) is 19.0 Å². The number of aliphatic carboxylic acids is 1. The number of carboxylic acid groups (broad SMARTS) is 1. The second kappa shape index (κ2) is 11.4. The molecule has 1 amide bonds. The number of fused-ring (bicyclic) bond motifs is 2. The van der Waals surface area contributed by atoms with Crippen molar-refractivity contribution in [2.24, 2.45) is 5.92 Å². The van der Waals surface area contributed by atoms with Gasteiger partial charge in [-0.1, -0.05) is 50.2 Å². The number of carboxylic acids is 1. The fourth-order valence-electron chi connectivity index (χ4n) is 6.58. The van der Waals surface area contributed by atoms with Crippen LogP contribution in [0.15, 0.2) is 54.6 Å². The zero-order chi connectivity index (χ0) is 28.5. The minimum atomic E-state index is -0.890. The summed E-state index contributed by atoms with van der Waals surface area (Å²) in [6, 6.07) is 17.2. The van der Waals surface area contributed by atoms with Crippen LogP contribution in [0.1, 0.15) is 53.6 Å².